The minimum atomic E-state index is -0.294. The first kappa shape index (κ1) is 29.1. The van der Waals surface area contributed by atoms with Crippen molar-refractivity contribution in [3.05, 3.63) is 17.7 Å². The molecule has 5 N–H and O–H groups in total. The number of aromatic hydroxyl groups is 1. The maximum Gasteiger partial charge on any atom is 0.248 e. The number of hydrogen-bond acceptors (Lipinski definition) is 6. The predicted octanol–water partition coefficient (Wildman–Crippen LogP) is 2.87. The molecule has 2 amide bonds. The van der Waals surface area contributed by atoms with Crippen LogP contribution in [0.5, 0.6) is 5.75 Å². The van der Waals surface area contributed by atoms with Crippen LogP contribution < -0.4 is 16.1 Å². The third kappa shape index (κ3) is 8.02. The number of piperazine rings is 1. The fourth-order valence-corrected chi connectivity index (χ4v) is 5.84. The van der Waals surface area contributed by atoms with Crippen LogP contribution in [0, 0.1) is 5.41 Å². The van der Waals surface area contributed by atoms with Gasteiger partial charge < -0.3 is 25.2 Å². The Morgan fingerprint density at radius 3 is 2.41 bits per heavy atom. The van der Waals surface area contributed by atoms with Gasteiger partial charge in [0.15, 0.2) is 0 Å². The van der Waals surface area contributed by atoms with Crippen LogP contribution in [0.2, 0.25) is 0 Å². The molecule has 2 aromatic rings. The minimum Gasteiger partial charge on any atom is -0.506 e. The van der Waals surface area contributed by atoms with E-state index in [2.05, 4.69) is 61.6 Å². The predicted molar refractivity (Wildman–Crippen MR) is 151 cm³/mol. The average molecular weight is 535 g/mol. The van der Waals surface area contributed by atoms with Crippen molar-refractivity contribution in [1.82, 2.24) is 15.2 Å². The van der Waals surface area contributed by atoms with Crippen molar-refractivity contribution < 1.29 is 19.5 Å². The Hall–Kier alpha value is -2.43. The number of thiol groups is 1. The molecule has 10 heteroatoms. The number of phenols is 1. The fraction of sp³-hybridized carbons (Fsp3) is 0.630. The fourth-order valence-electron chi connectivity index (χ4n) is 4.67. The van der Waals surface area contributed by atoms with Crippen molar-refractivity contribution >= 4 is 40.2 Å². The van der Waals surface area contributed by atoms with Gasteiger partial charge in [-0.25, -0.2) is 5.90 Å². The van der Waals surface area contributed by atoms with Crippen molar-refractivity contribution in [2.75, 3.05) is 44.2 Å². The molecule has 1 aliphatic heterocycles. The van der Waals surface area contributed by atoms with Crippen molar-refractivity contribution in [1.29, 1.82) is 0 Å². The highest BCUT2D eigenvalue weighted by molar-refractivity contribution is 7.80. The molecule has 37 heavy (non-hydrogen) atoms. The second-order valence-corrected chi connectivity index (χ2v) is 14.0. The highest BCUT2D eigenvalue weighted by atomic mass is 32.2. The molecule has 3 rings (SSSR count). The van der Waals surface area contributed by atoms with Gasteiger partial charge in [-0.05, 0) is 51.2 Å². The van der Waals surface area contributed by atoms with Crippen molar-refractivity contribution in [2.24, 2.45) is 11.3 Å². The number of benzene rings is 1. The Morgan fingerprint density at radius 2 is 1.81 bits per heavy atom. The number of amides is 2. The van der Waals surface area contributed by atoms with Crippen LogP contribution in [0.1, 0.15) is 59.9 Å². The standard InChI is InChI=1S/C27H43N5O4S/c1-26(2,3)16-19-18-9-10-20(33)24(23(18)30-25(19)37-27(4,5)6)32-14-12-31(13-15-32)22(35)8-7-11-29-21(34)17-36-28/h9-10,30,33H,7-8,11-17,28H2,1-6H3,(H,29,34)/p+1. The number of aromatic nitrogens is 1. The molecule has 9 nitrogen and oxygen atoms in total. The second kappa shape index (κ2) is 12.0. The average Bonchev–Trinajstić information content (AvgIpc) is 3.10. The number of carbonyl (C=O) groups is 2. The van der Waals surface area contributed by atoms with Gasteiger partial charge in [0.05, 0.1) is 5.52 Å². The highest BCUT2D eigenvalue weighted by Gasteiger charge is 2.32. The number of H-pyrrole nitrogens is 1. The summed E-state index contributed by atoms with van der Waals surface area (Å²) in [5.74, 6) is 4.92. The SMILES string of the molecule is CC(C)(C)Cc1c([SH+]C(C)(C)C)[nH]c2c(N3CCN(C(=O)CCCNC(=O)CON)CC3)c(O)ccc12. The van der Waals surface area contributed by atoms with E-state index in [1.54, 1.807) is 6.07 Å². The van der Waals surface area contributed by atoms with Crippen molar-refractivity contribution in [3.8, 4) is 5.75 Å². The molecule has 0 saturated carbocycles. The zero-order valence-electron chi connectivity index (χ0n) is 23.1. The van der Waals surface area contributed by atoms with Crippen LogP contribution in [0.15, 0.2) is 17.2 Å². The first-order valence-corrected chi connectivity index (χ1v) is 13.9. The molecule has 0 aliphatic carbocycles. The molecule has 1 saturated heterocycles. The number of nitrogens with zero attached hydrogens (tertiary/aromatic N) is 2. The molecular weight excluding hydrogens is 490 g/mol. The zero-order valence-corrected chi connectivity index (χ0v) is 24.0. The summed E-state index contributed by atoms with van der Waals surface area (Å²) >= 11 is 1.23. The summed E-state index contributed by atoms with van der Waals surface area (Å²) in [6.45, 7) is 16.1. The van der Waals surface area contributed by atoms with E-state index in [-0.39, 0.29) is 34.3 Å². The zero-order chi connectivity index (χ0) is 27.4. The van der Waals surface area contributed by atoms with Gasteiger partial charge in [0.2, 0.25) is 16.8 Å². The molecule has 206 valence electrons. The quantitative estimate of drug-likeness (QED) is 0.170. The van der Waals surface area contributed by atoms with E-state index in [1.807, 2.05) is 11.0 Å². The molecule has 0 radical (unpaired) electrons. The van der Waals surface area contributed by atoms with Crippen LogP contribution in [0.25, 0.3) is 10.9 Å². The lowest BCUT2D eigenvalue weighted by Gasteiger charge is -2.36. The van der Waals surface area contributed by atoms with Gasteiger partial charge >= 0.3 is 0 Å². The first-order valence-electron chi connectivity index (χ1n) is 13.0. The minimum absolute atomic E-state index is 0.0741. The Bertz CT molecular complexity index is 1090. The summed E-state index contributed by atoms with van der Waals surface area (Å²) in [5.41, 5.74) is 3.24. The van der Waals surface area contributed by atoms with Crippen LogP contribution in [0.3, 0.4) is 0 Å². The number of fused-ring (bicyclic) bond motifs is 1. The van der Waals surface area contributed by atoms with E-state index >= 15 is 0 Å². The highest BCUT2D eigenvalue weighted by Crippen LogP contribution is 2.41. The molecule has 2 heterocycles. The van der Waals surface area contributed by atoms with Crippen LogP contribution in [-0.2, 0) is 32.6 Å². The lowest BCUT2D eigenvalue weighted by Crippen LogP contribution is -2.49. The Morgan fingerprint density at radius 1 is 1.14 bits per heavy atom. The van der Waals surface area contributed by atoms with Crippen LogP contribution in [0.4, 0.5) is 5.69 Å². The van der Waals surface area contributed by atoms with Crippen molar-refractivity contribution in [3.63, 3.8) is 0 Å². The Kier molecular flexibility index (Phi) is 9.42. The number of nitrogens with one attached hydrogen (secondary N) is 2. The summed E-state index contributed by atoms with van der Waals surface area (Å²) in [6.07, 6.45) is 1.87. The van der Waals surface area contributed by atoms with Gasteiger partial charge in [0.25, 0.3) is 0 Å². The van der Waals surface area contributed by atoms with Gasteiger partial charge in [-0.15, -0.1) is 0 Å². The number of carbonyl (C=O) groups excluding carboxylic acids is 2. The van der Waals surface area contributed by atoms with E-state index in [0.717, 1.165) is 23.0 Å². The molecule has 0 unspecified atom stereocenters. The molecule has 0 bridgehead atoms. The summed E-state index contributed by atoms with van der Waals surface area (Å²) in [4.78, 5) is 36.1. The van der Waals surface area contributed by atoms with E-state index in [0.29, 0.717) is 45.6 Å². The smallest absolute Gasteiger partial charge is 0.248 e. The Labute approximate surface area is 224 Å². The van der Waals surface area contributed by atoms with Gasteiger partial charge in [0, 0.05) is 61.9 Å². The molecule has 1 aromatic heterocycles. The largest absolute Gasteiger partial charge is 0.506 e. The van der Waals surface area contributed by atoms with Gasteiger partial charge in [0.1, 0.15) is 22.8 Å². The van der Waals surface area contributed by atoms with Gasteiger partial charge in [-0.1, -0.05) is 20.8 Å². The topological polar surface area (TPSA) is 124 Å². The van der Waals surface area contributed by atoms with E-state index in [4.69, 9.17) is 5.90 Å². The van der Waals surface area contributed by atoms with E-state index < -0.39 is 0 Å². The first-order chi connectivity index (χ1) is 17.3. The monoisotopic (exact) mass is 534 g/mol. The third-order valence-electron chi connectivity index (χ3n) is 6.22. The molecular formula is C27H44N5O4S+. The van der Waals surface area contributed by atoms with E-state index in [9.17, 15) is 14.7 Å². The normalized spacial score (nSPS) is 14.9. The summed E-state index contributed by atoms with van der Waals surface area (Å²) < 4.78 is 0.0999. The molecule has 1 fully saturated rings. The Balaban J connectivity index is 1.74. The van der Waals surface area contributed by atoms with Gasteiger partial charge in [-0.2, -0.15) is 0 Å². The lowest BCUT2D eigenvalue weighted by molar-refractivity contribution is -0.132. The molecule has 0 atom stereocenters. The maximum atomic E-state index is 12.7. The van der Waals surface area contributed by atoms with E-state index in [1.165, 1.54) is 22.4 Å². The second-order valence-electron chi connectivity index (χ2n) is 12.0. The number of rotatable bonds is 9. The summed E-state index contributed by atoms with van der Waals surface area (Å²) in [7, 11) is 0. The van der Waals surface area contributed by atoms with Crippen LogP contribution >= 0.6 is 0 Å². The van der Waals surface area contributed by atoms with Gasteiger partial charge in [-0.3, -0.25) is 14.4 Å². The molecule has 1 aromatic carbocycles. The van der Waals surface area contributed by atoms with Crippen molar-refractivity contribution in [2.45, 2.75) is 70.6 Å². The molecule has 1 aliphatic rings. The summed E-state index contributed by atoms with van der Waals surface area (Å²) in [5, 5.41) is 16.0. The molecule has 0 spiro atoms. The summed E-state index contributed by atoms with van der Waals surface area (Å²) in [6, 6.07) is 3.84. The van der Waals surface area contributed by atoms with Crippen LogP contribution in [-0.4, -0.2) is 70.9 Å². The number of phenolic OH excluding ortho intramolecular Hbond substituents is 1. The lowest BCUT2D eigenvalue weighted by atomic mass is 9.88. The number of nitrogens with two attached hydrogens (primary N) is 1. The third-order valence-corrected chi connectivity index (χ3v) is 7.49. The number of hydrogen-bond donors (Lipinski definition) is 4. The number of aromatic amines is 1. The maximum absolute atomic E-state index is 12.7. The number of anilines is 1.